The molecule has 1 aliphatic heterocycles. The number of carbonyl (C=O) groups excluding carboxylic acids is 1. The van der Waals surface area contributed by atoms with E-state index in [1.807, 2.05) is 13.8 Å². The van der Waals surface area contributed by atoms with Crippen LogP contribution in [0.2, 0.25) is 0 Å². The van der Waals surface area contributed by atoms with Crippen LogP contribution < -0.4 is 4.90 Å². The zero-order chi connectivity index (χ0) is 19.0. The van der Waals surface area contributed by atoms with Crippen LogP contribution in [-0.2, 0) is 10.9 Å². The second kappa shape index (κ2) is 6.68. The van der Waals surface area contributed by atoms with E-state index in [4.69, 9.17) is 4.74 Å². The molecule has 25 heavy (non-hydrogen) atoms. The zero-order valence-electron chi connectivity index (χ0n) is 15.0. The van der Waals surface area contributed by atoms with Crippen LogP contribution in [0.1, 0.15) is 40.2 Å². The summed E-state index contributed by atoms with van der Waals surface area (Å²) in [7, 11) is 0. The smallest absolute Gasteiger partial charge is 0.419 e. The van der Waals surface area contributed by atoms with Gasteiger partial charge in [-0.25, -0.2) is 14.8 Å². The first-order valence-corrected chi connectivity index (χ1v) is 8.04. The normalized spacial score (nSPS) is 22.1. The molecule has 0 bridgehead atoms. The number of halogens is 3. The average molecular weight is 360 g/mol. The van der Waals surface area contributed by atoms with Crippen molar-refractivity contribution in [2.24, 2.45) is 0 Å². The Kier molecular flexibility index (Phi) is 5.15. The molecule has 1 saturated heterocycles. The lowest BCUT2D eigenvalue weighted by atomic mass is 10.1. The zero-order valence-corrected chi connectivity index (χ0v) is 15.0. The van der Waals surface area contributed by atoms with Gasteiger partial charge in [0.2, 0.25) is 5.95 Å². The molecule has 0 N–H and O–H groups in total. The summed E-state index contributed by atoms with van der Waals surface area (Å²) < 4.78 is 43.3. The van der Waals surface area contributed by atoms with Crippen molar-refractivity contribution in [2.75, 3.05) is 18.0 Å². The minimum absolute atomic E-state index is 0.190. The number of aromatic nitrogens is 2. The topological polar surface area (TPSA) is 58.6 Å². The molecule has 0 radical (unpaired) electrons. The number of amides is 1. The molecule has 0 unspecified atom stereocenters. The number of hydrogen-bond donors (Lipinski definition) is 0. The summed E-state index contributed by atoms with van der Waals surface area (Å²) in [6, 6.07) is -0.381. The molecule has 2 atom stereocenters. The molecule has 140 valence electrons. The van der Waals surface area contributed by atoms with Crippen LogP contribution in [0.4, 0.5) is 23.9 Å². The summed E-state index contributed by atoms with van der Waals surface area (Å²) in [5.41, 5.74) is -1.48. The van der Waals surface area contributed by atoms with Crippen LogP contribution in [0.25, 0.3) is 0 Å². The van der Waals surface area contributed by atoms with Crippen molar-refractivity contribution >= 4 is 12.0 Å². The van der Waals surface area contributed by atoms with E-state index in [1.165, 1.54) is 0 Å². The van der Waals surface area contributed by atoms with Crippen molar-refractivity contribution in [3.63, 3.8) is 0 Å². The van der Waals surface area contributed by atoms with Crippen LogP contribution in [0, 0.1) is 0 Å². The Bertz CT molecular complexity index is 601. The second-order valence-corrected chi connectivity index (χ2v) is 7.26. The lowest BCUT2D eigenvalue weighted by molar-refractivity contribution is -0.138. The number of alkyl halides is 3. The van der Waals surface area contributed by atoms with Crippen molar-refractivity contribution in [1.29, 1.82) is 0 Å². The number of rotatable bonds is 1. The standard InChI is InChI=1S/C16H23F3N4O2/c1-10-8-22(13-20-6-12(7-21-13)16(17,18)19)9-11(2)23(10)14(24)25-15(3,4)5/h6-7,10-11H,8-9H2,1-5H3/t10-,11+. The van der Waals surface area contributed by atoms with E-state index in [0.29, 0.717) is 13.1 Å². The SMILES string of the molecule is C[C@@H]1CN(c2ncc(C(F)(F)F)cn2)C[C@H](C)N1C(=O)OC(C)(C)C. The van der Waals surface area contributed by atoms with Crippen molar-refractivity contribution < 1.29 is 22.7 Å². The Morgan fingerprint density at radius 1 is 1.12 bits per heavy atom. The van der Waals surface area contributed by atoms with Gasteiger partial charge in [-0.2, -0.15) is 13.2 Å². The molecule has 1 aliphatic rings. The molecule has 1 fully saturated rings. The van der Waals surface area contributed by atoms with Crippen LogP contribution in [0.3, 0.4) is 0 Å². The minimum Gasteiger partial charge on any atom is -0.444 e. The highest BCUT2D eigenvalue weighted by Gasteiger charge is 2.37. The molecular weight excluding hydrogens is 337 g/mol. The Labute approximate surface area is 145 Å². The van der Waals surface area contributed by atoms with E-state index in [1.54, 1.807) is 30.6 Å². The fourth-order valence-electron chi connectivity index (χ4n) is 2.79. The maximum atomic E-state index is 12.6. The van der Waals surface area contributed by atoms with Gasteiger partial charge in [0.15, 0.2) is 0 Å². The van der Waals surface area contributed by atoms with E-state index in [9.17, 15) is 18.0 Å². The Balaban J connectivity index is 2.10. The Hall–Kier alpha value is -2.06. The largest absolute Gasteiger partial charge is 0.444 e. The number of carbonyl (C=O) groups is 1. The summed E-state index contributed by atoms with van der Waals surface area (Å²) >= 11 is 0. The van der Waals surface area contributed by atoms with E-state index < -0.39 is 23.4 Å². The quantitative estimate of drug-likeness (QED) is 0.769. The first kappa shape index (κ1) is 19.3. The van der Waals surface area contributed by atoms with E-state index >= 15 is 0 Å². The van der Waals surface area contributed by atoms with Gasteiger partial charge >= 0.3 is 12.3 Å². The minimum atomic E-state index is -4.46. The second-order valence-electron chi connectivity index (χ2n) is 7.26. The molecule has 9 heteroatoms. The van der Waals surface area contributed by atoms with Crippen molar-refractivity contribution in [3.8, 4) is 0 Å². The summed E-state index contributed by atoms with van der Waals surface area (Å²) in [6.07, 6.45) is -3.31. The first-order chi connectivity index (χ1) is 11.4. The molecule has 1 aromatic heterocycles. The fourth-order valence-corrected chi connectivity index (χ4v) is 2.79. The molecule has 2 rings (SSSR count). The Morgan fingerprint density at radius 2 is 1.60 bits per heavy atom. The predicted octanol–water partition coefficient (Wildman–Crippen LogP) is 3.33. The van der Waals surface area contributed by atoms with Gasteiger partial charge in [-0.1, -0.05) is 0 Å². The van der Waals surface area contributed by atoms with Crippen LogP contribution in [-0.4, -0.2) is 51.7 Å². The molecule has 6 nitrogen and oxygen atoms in total. The molecule has 0 aromatic carbocycles. The molecule has 0 aliphatic carbocycles. The number of anilines is 1. The van der Waals surface area contributed by atoms with Gasteiger partial charge < -0.3 is 9.64 Å². The average Bonchev–Trinajstić information content (AvgIpc) is 2.43. The highest BCUT2D eigenvalue weighted by atomic mass is 19.4. The summed E-state index contributed by atoms with van der Waals surface area (Å²) in [4.78, 5) is 23.4. The number of piperazine rings is 1. The monoisotopic (exact) mass is 360 g/mol. The van der Waals surface area contributed by atoms with Crippen LogP contribution >= 0.6 is 0 Å². The predicted molar refractivity (Wildman–Crippen MR) is 86.2 cm³/mol. The maximum Gasteiger partial charge on any atom is 0.419 e. The third-order valence-electron chi connectivity index (χ3n) is 3.77. The molecule has 1 amide bonds. The lowest BCUT2D eigenvalue weighted by Crippen LogP contribution is -2.59. The van der Waals surface area contributed by atoms with E-state index in [2.05, 4.69) is 9.97 Å². The third kappa shape index (κ3) is 4.73. The number of ether oxygens (including phenoxy) is 1. The van der Waals surface area contributed by atoms with Gasteiger partial charge in [0, 0.05) is 25.5 Å². The van der Waals surface area contributed by atoms with Crippen molar-refractivity contribution in [3.05, 3.63) is 18.0 Å². The number of hydrogen-bond acceptors (Lipinski definition) is 5. The molecule has 2 heterocycles. The lowest BCUT2D eigenvalue weighted by Gasteiger charge is -2.44. The third-order valence-corrected chi connectivity index (χ3v) is 3.77. The summed E-state index contributed by atoms with van der Waals surface area (Å²) in [5.74, 6) is 0.218. The van der Waals surface area contributed by atoms with Gasteiger partial charge in [0.25, 0.3) is 0 Å². The van der Waals surface area contributed by atoms with Gasteiger partial charge in [0.05, 0.1) is 17.6 Å². The van der Waals surface area contributed by atoms with Gasteiger partial charge in [0.1, 0.15) is 5.60 Å². The molecule has 0 saturated carbocycles. The number of nitrogens with zero attached hydrogens (tertiary/aromatic N) is 4. The summed E-state index contributed by atoms with van der Waals surface area (Å²) in [6.45, 7) is 9.93. The van der Waals surface area contributed by atoms with Crippen molar-refractivity contribution in [1.82, 2.24) is 14.9 Å². The van der Waals surface area contributed by atoms with E-state index in [-0.39, 0.29) is 18.0 Å². The van der Waals surface area contributed by atoms with Crippen molar-refractivity contribution in [2.45, 2.75) is 58.5 Å². The van der Waals surface area contributed by atoms with Gasteiger partial charge in [-0.05, 0) is 34.6 Å². The molecule has 0 spiro atoms. The van der Waals surface area contributed by atoms with Gasteiger partial charge in [-0.15, -0.1) is 0 Å². The van der Waals surface area contributed by atoms with E-state index in [0.717, 1.165) is 12.4 Å². The highest BCUT2D eigenvalue weighted by molar-refractivity contribution is 5.69. The molecular formula is C16H23F3N4O2. The highest BCUT2D eigenvalue weighted by Crippen LogP contribution is 2.29. The molecule has 1 aromatic rings. The van der Waals surface area contributed by atoms with Crippen LogP contribution in [0.5, 0.6) is 0 Å². The maximum absolute atomic E-state index is 12.6. The summed E-state index contributed by atoms with van der Waals surface area (Å²) in [5, 5.41) is 0. The Morgan fingerprint density at radius 3 is 2.00 bits per heavy atom. The van der Waals surface area contributed by atoms with Crippen LogP contribution in [0.15, 0.2) is 12.4 Å². The first-order valence-electron chi connectivity index (χ1n) is 8.04. The fraction of sp³-hybridized carbons (Fsp3) is 0.688. The van der Waals surface area contributed by atoms with Gasteiger partial charge in [-0.3, -0.25) is 4.90 Å².